The van der Waals surface area contributed by atoms with E-state index in [0.717, 1.165) is 5.56 Å². The van der Waals surface area contributed by atoms with Crippen LogP contribution in [0.1, 0.15) is 39.2 Å². The molecule has 1 fully saturated rings. The summed E-state index contributed by atoms with van der Waals surface area (Å²) in [4.78, 5) is 13.1. The first-order chi connectivity index (χ1) is 9.25. The van der Waals surface area contributed by atoms with Crippen LogP contribution in [0, 0.1) is 5.41 Å². The van der Waals surface area contributed by atoms with E-state index in [4.69, 9.17) is 0 Å². The van der Waals surface area contributed by atoms with Crippen LogP contribution in [0.5, 0.6) is 0 Å². The molecule has 2 rings (SSSR count). The van der Waals surface area contributed by atoms with Gasteiger partial charge in [-0.05, 0) is 25.3 Å². The summed E-state index contributed by atoms with van der Waals surface area (Å²) >= 11 is 0. The van der Waals surface area contributed by atoms with Crippen molar-refractivity contribution < 1.29 is 15.0 Å². The van der Waals surface area contributed by atoms with Crippen LogP contribution in [0.2, 0.25) is 0 Å². The molecule has 110 valence electrons. The molecule has 2 N–H and O–H groups in total. The minimum Gasteiger partial charge on any atom is -0.465 e. The van der Waals surface area contributed by atoms with Gasteiger partial charge in [0.05, 0.1) is 5.60 Å². The summed E-state index contributed by atoms with van der Waals surface area (Å²) in [5, 5.41) is 20.0. The van der Waals surface area contributed by atoms with Crippen LogP contribution < -0.4 is 0 Å². The predicted molar refractivity (Wildman–Crippen MR) is 77.4 cm³/mol. The third kappa shape index (κ3) is 2.52. The number of benzene rings is 1. The molecular formula is C16H23NO3. The summed E-state index contributed by atoms with van der Waals surface area (Å²) in [7, 11) is 0. The highest BCUT2D eigenvalue weighted by atomic mass is 16.4. The lowest BCUT2D eigenvalue weighted by molar-refractivity contribution is -0.0516. The van der Waals surface area contributed by atoms with Crippen molar-refractivity contribution in [1.29, 1.82) is 0 Å². The molecule has 0 aliphatic heterocycles. The average Bonchev–Trinajstić information content (AvgIpc) is 2.58. The van der Waals surface area contributed by atoms with E-state index in [-0.39, 0.29) is 6.04 Å². The number of hydrogen-bond donors (Lipinski definition) is 2. The van der Waals surface area contributed by atoms with Crippen LogP contribution in [0.15, 0.2) is 30.3 Å². The SMILES string of the molecule is CC1(O)CCC(N(Cc2ccccc2)C(=O)O)C1(C)C. The topological polar surface area (TPSA) is 60.8 Å². The van der Waals surface area contributed by atoms with Crippen molar-refractivity contribution in [2.24, 2.45) is 5.41 Å². The molecule has 0 saturated heterocycles. The lowest BCUT2D eigenvalue weighted by Gasteiger charge is -2.41. The van der Waals surface area contributed by atoms with Crippen molar-refractivity contribution in [3.63, 3.8) is 0 Å². The molecule has 0 aromatic heterocycles. The molecule has 1 aromatic rings. The van der Waals surface area contributed by atoms with Gasteiger partial charge in [0.25, 0.3) is 0 Å². The van der Waals surface area contributed by atoms with E-state index < -0.39 is 17.1 Å². The normalized spacial score (nSPS) is 28.3. The fraction of sp³-hybridized carbons (Fsp3) is 0.562. The second-order valence-corrected chi connectivity index (χ2v) is 6.45. The van der Waals surface area contributed by atoms with Crippen molar-refractivity contribution in [1.82, 2.24) is 4.90 Å². The molecule has 0 bridgehead atoms. The number of aliphatic hydroxyl groups is 1. The number of rotatable bonds is 3. The zero-order valence-electron chi connectivity index (χ0n) is 12.3. The van der Waals surface area contributed by atoms with E-state index in [9.17, 15) is 15.0 Å². The third-order valence-electron chi connectivity index (χ3n) is 4.94. The van der Waals surface area contributed by atoms with Crippen molar-refractivity contribution in [3.05, 3.63) is 35.9 Å². The number of nitrogens with zero attached hydrogens (tertiary/aromatic N) is 1. The second kappa shape index (κ2) is 5.09. The van der Waals surface area contributed by atoms with Gasteiger partial charge >= 0.3 is 6.09 Å². The quantitative estimate of drug-likeness (QED) is 0.892. The van der Waals surface area contributed by atoms with Crippen LogP contribution in [0.4, 0.5) is 4.79 Å². The summed E-state index contributed by atoms with van der Waals surface area (Å²) in [5.41, 5.74) is -0.320. The smallest absolute Gasteiger partial charge is 0.407 e. The van der Waals surface area contributed by atoms with Gasteiger partial charge in [-0.3, -0.25) is 0 Å². The van der Waals surface area contributed by atoms with Gasteiger partial charge in [0.1, 0.15) is 0 Å². The third-order valence-corrected chi connectivity index (χ3v) is 4.94. The van der Waals surface area contributed by atoms with Crippen molar-refractivity contribution in [2.45, 2.75) is 51.8 Å². The molecule has 4 nitrogen and oxygen atoms in total. The molecule has 0 heterocycles. The summed E-state index contributed by atoms with van der Waals surface area (Å²) < 4.78 is 0. The summed E-state index contributed by atoms with van der Waals surface area (Å²) in [5.74, 6) is 0. The maximum absolute atomic E-state index is 11.6. The minimum atomic E-state index is -0.926. The van der Waals surface area contributed by atoms with Crippen LogP contribution in [-0.2, 0) is 6.54 Å². The average molecular weight is 277 g/mol. The Kier molecular flexibility index (Phi) is 3.78. The molecule has 2 unspecified atom stereocenters. The molecule has 2 atom stereocenters. The fourth-order valence-corrected chi connectivity index (χ4v) is 3.10. The van der Waals surface area contributed by atoms with Gasteiger partial charge in [-0.1, -0.05) is 44.2 Å². The standard InChI is InChI=1S/C16H23NO3/c1-15(2)13(9-10-16(15,3)20)17(14(18)19)11-12-7-5-4-6-8-12/h4-8,13,20H,9-11H2,1-3H3,(H,18,19). The highest BCUT2D eigenvalue weighted by Crippen LogP contribution is 2.48. The Morgan fingerprint density at radius 2 is 1.90 bits per heavy atom. The number of carboxylic acid groups (broad SMARTS) is 1. The summed E-state index contributed by atoms with van der Waals surface area (Å²) in [6.45, 7) is 6.06. The predicted octanol–water partition coefficient (Wildman–Crippen LogP) is 3.11. The molecule has 1 aliphatic carbocycles. The van der Waals surface area contributed by atoms with Crippen LogP contribution >= 0.6 is 0 Å². The molecule has 0 spiro atoms. The Morgan fingerprint density at radius 3 is 2.35 bits per heavy atom. The van der Waals surface area contributed by atoms with Crippen molar-refractivity contribution in [2.75, 3.05) is 0 Å². The van der Waals surface area contributed by atoms with E-state index in [1.54, 1.807) is 6.92 Å². The van der Waals surface area contributed by atoms with E-state index in [1.165, 1.54) is 4.90 Å². The molecule has 1 aliphatic rings. The monoisotopic (exact) mass is 277 g/mol. The maximum Gasteiger partial charge on any atom is 0.407 e. The molecule has 20 heavy (non-hydrogen) atoms. The van der Waals surface area contributed by atoms with E-state index in [2.05, 4.69) is 0 Å². The van der Waals surface area contributed by atoms with Crippen LogP contribution in [0.25, 0.3) is 0 Å². The Balaban J connectivity index is 2.25. The zero-order chi connectivity index (χ0) is 15.0. The molecule has 1 amide bonds. The number of hydrogen-bond acceptors (Lipinski definition) is 2. The van der Waals surface area contributed by atoms with Gasteiger partial charge in [0.2, 0.25) is 0 Å². The van der Waals surface area contributed by atoms with Gasteiger partial charge in [-0.25, -0.2) is 4.79 Å². The number of amides is 1. The first kappa shape index (κ1) is 14.9. The first-order valence-corrected chi connectivity index (χ1v) is 7.01. The van der Waals surface area contributed by atoms with Gasteiger partial charge in [-0.2, -0.15) is 0 Å². The highest BCUT2D eigenvalue weighted by molar-refractivity contribution is 5.65. The summed E-state index contributed by atoms with van der Waals surface area (Å²) in [6.07, 6.45) is 0.396. The van der Waals surface area contributed by atoms with Gasteiger partial charge in [-0.15, -0.1) is 0 Å². The molecular weight excluding hydrogens is 254 g/mol. The zero-order valence-corrected chi connectivity index (χ0v) is 12.3. The van der Waals surface area contributed by atoms with Gasteiger partial charge in [0, 0.05) is 18.0 Å². The Labute approximate surface area is 120 Å². The molecule has 1 saturated carbocycles. The van der Waals surface area contributed by atoms with Crippen LogP contribution in [-0.4, -0.2) is 32.8 Å². The minimum absolute atomic E-state index is 0.171. The van der Waals surface area contributed by atoms with E-state index in [1.807, 2.05) is 44.2 Å². The van der Waals surface area contributed by atoms with Crippen LogP contribution in [0.3, 0.4) is 0 Å². The van der Waals surface area contributed by atoms with Crippen molar-refractivity contribution >= 4 is 6.09 Å². The highest BCUT2D eigenvalue weighted by Gasteiger charge is 2.53. The molecule has 1 aromatic carbocycles. The van der Waals surface area contributed by atoms with Gasteiger partial charge < -0.3 is 15.1 Å². The largest absolute Gasteiger partial charge is 0.465 e. The fourth-order valence-electron chi connectivity index (χ4n) is 3.10. The Bertz CT molecular complexity index is 482. The number of carbonyl (C=O) groups is 1. The van der Waals surface area contributed by atoms with E-state index >= 15 is 0 Å². The lowest BCUT2D eigenvalue weighted by atomic mass is 9.76. The van der Waals surface area contributed by atoms with Gasteiger partial charge in [0.15, 0.2) is 0 Å². The second-order valence-electron chi connectivity index (χ2n) is 6.45. The molecule has 0 radical (unpaired) electrons. The van der Waals surface area contributed by atoms with E-state index in [0.29, 0.717) is 19.4 Å². The maximum atomic E-state index is 11.6. The lowest BCUT2D eigenvalue weighted by Crippen LogP contribution is -2.51. The first-order valence-electron chi connectivity index (χ1n) is 7.01. The Morgan fingerprint density at radius 1 is 1.30 bits per heavy atom. The summed E-state index contributed by atoms with van der Waals surface area (Å²) in [6, 6.07) is 9.41. The molecule has 4 heteroatoms. The van der Waals surface area contributed by atoms with Crippen molar-refractivity contribution in [3.8, 4) is 0 Å². The Hall–Kier alpha value is -1.55.